The van der Waals surface area contributed by atoms with E-state index < -0.39 is 5.82 Å². The number of carbonyl (C=O) groups is 1. The van der Waals surface area contributed by atoms with E-state index >= 15 is 0 Å². The lowest BCUT2D eigenvalue weighted by atomic mass is 10.1. The van der Waals surface area contributed by atoms with Gasteiger partial charge >= 0.3 is 0 Å². The number of para-hydroxylation sites is 1. The topological polar surface area (TPSA) is 56.6 Å². The lowest BCUT2D eigenvalue weighted by Gasteiger charge is -2.12. The summed E-state index contributed by atoms with van der Waals surface area (Å²) in [5.41, 5.74) is 2.65. The number of halogens is 1. The molecular formula is C25H24FN3O3S2. The van der Waals surface area contributed by atoms with Crippen molar-refractivity contribution in [1.82, 2.24) is 14.7 Å². The molecule has 1 aliphatic rings. The van der Waals surface area contributed by atoms with Crippen molar-refractivity contribution in [2.45, 2.75) is 13.3 Å². The smallest absolute Gasteiger partial charge is 0.266 e. The van der Waals surface area contributed by atoms with Gasteiger partial charge in [0.1, 0.15) is 10.0 Å². The maximum Gasteiger partial charge on any atom is 0.266 e. The van der Waals surface area contributed by atoms with Crippen LogP contribution in [0.1, 0.15) is 18.9 Å². The zero-order valence-corrected chi connectivity index (χ0v) is 20.5. The predicted octanol–water partition coefficient (Wildman–Crippen LogP) is 5.31. The van der Waals surface area contributed by atoms with Crippen LogP contribution in [0.15, 0.2) is 59.6 Å². The van der Waals surface area contributed by atoms with Gasteiger partial charge in [0.25, 0.3) is 5.91 Å². The second kappa shape index (κ2) is 10.9. The molecule has 1 aliphatic heterocycles. The number of ether oxygens (including phenoxy) is 2. The fourth-order valence-corrected chi connectivity index (χ4v) is 4.72. The van der Waals surface area contributed by atoms with E-state index in [1.165, 1.54) is 22.7 Å². The number of hydrogen-bond donors (Lipinski definition) is 0. The van der Waals surface area contributed by atoms with E-state index in [1.54, 1.807) is 30.0 Å². The maximum atomic E-state index is 14.7. The summed E-state index contributed by atoms with van der Waals surface area (Å²) in [5.74, 6) is -0.439. The number of rotatable bonds is 9. The van der Waals surface area contributed by atoms with Crippen molar-refractivity contribution in [2.24, 2.45) is 0 Å². The second-order valence-electron chi connectivity index (χ2n) is 7.53. The Kier molecular flexibility index (Phi) is 7.77. The van der Waals surface area contributed by atoms with Gasteiger partial charge < -0.3 is 9.47 Å². The van der Waals surface area contributed by atoms with E-state index in [-0.39, 0.29) is 11.7 Å². The van der Waals surface area contributed by atoms with Gasteiger partial charge in [-0.1, -0.05) is 49.1 Å². The summed E-state index contributed by atoms with van der Waals surface area (Å²) in [5, 5.41) is 4.72. The summed E-state index contributed by atoms with van der Waals surface area (Å²) in [6.45, 7) is 3.18. The van der Waals surface area contributed by atoms with Crippen LogP contribution < -0.4 is 4.74 Å². The Bertz CT molecular complexity index is 1230. The van der Waals surface area contributed by atoms with Crippen LogP contribution in [-0.2, 0) is 9.53 Å². The van der Waals surface area contributed by atoms with Gasteiger partial charge in [-0.2, -0.15) is 5.10 Å². The lowest BCUT2D eigenvalue weighted by Crippen LogP contribution is -2.31. The molecular weight excluding hydrogens is 473 g/mol. The maximum absolute atomic E-state index is 14.7. The van der Waals surface area contributed by atoms with Crippen LogP contribution in [0.3, 0.4) is 0 Å². The number of nitrogens with zero attached hydrogens (tertiary/aromatic N) is 3. The Labute approximate surface area is 207 Å². The molecule has 0 bridgehead atoms. The molecule has 1 fully saturated rings. The molecule has 1 aromatic heterocycles. The molecule has 9 heteroatoms. The molecule has 0 aliphatic carbocycles. The molecule has 0 saturated carbocycles. The predicted molar refractivity (Wildman–Crippen MR) is 136 cm³/mol. The highest BCUT2D eigenvalue weighted by Gasteiger charge is 2.32. The minimum absolute atomic E-state index is 0.181. The number of aromatic nitrogens is 2. The molecule has 0 unspecified atom stereocenters. The van der Waals surface area contributed by atoms with Crippen LogP contribution in [-0.4, -0.2) is 51.8 Å². The van der Waals surface area contributed by atoms with Gasteiger partial charge in [0, 0.05) is 24.4 Å². The minimum atomic E-state index is -0.461. The summed E-state index contributed by atoms with van der Waals surface area (Å²) in [4.78, 5) is 14.9. The number of thiocarbonyl (C=S) groups is 1. The van der Waals surface area contributed by atoms with Crippen LogP contribution in [0.5, 0.6) is 5.75 Å². The largest absolute Gasteiger partial charge is 0.491 e. The second-order valence-corrected chi connectivity index (χ2v) is 9.21. The summed E-state index contributed by atoms with van der Waals surface area (Å²) in [6, 6.07) is 14.4. The Balaban J connectivity index is 1.74. The highest BCUT2D eigenvalue weighted by molar-refractivity contribution is 8.26. The van der Waals surface area contributed by atoms with E-state index in [4.69, 9.17) is 26.8 Å². The van der Waals surface area contributed by atoms with E-state index in [1.807, 2.05) is 43.5 Å². The third kappa shape index (κ3) is 5.22. The van der Waals surface area contributed by atoms with E-state index in [2.05, 4.69) is 0 Å². The first kappa shape index (κ1) is 24.1. The van der Waals surface area contributed by atoms with Crippen LogP contribution in [0.25, 0.3) is 23.0 Å². The first-order valence-corrected chi connectivity index (χ1v) is 12.1. The number of benzene rings is 2. The quantitative estimate of drug-likeness (QED) is 0.295. The first-order chi connectivity index (χ1) is 16.5. The number of thioether (sulfide) groups is 1. The summed E-state index contributed by atoms with van der Waals surface area (Å²) in [6.07, 6.45) is 4.37. The van der Waals surface area contributed by atoms with E-state index in [0.717, 1.165) is 12.1 Å². The third-order valence-corrected chi connectivity index (χ3v) is 6.49. The monoisotopic (exact) mass is 497 g/mol. The van der Waals surface area contributed by atoms with Gasteiger partial charge in [-0.05, 0) is 42.8 Å². The van der Waals surface area contributed by atoms with E-state index in [9.17, 15) is 9.18 Å². The van der Waals surface area contributed by atoms with Gasteiger partial charge in [-0.25, -0.2) is 9.07 Å². The van der Waals surface area contributed by atoms with Crippen LogP contribution in [0.4, 0.5) is 4.39 Å². The lowest BCUT2D eigenvalue weighted by molar-refractivity contribution is -0.122. The van der Waals surface area contributed by atoms with Crippen LogP contribution >= 0.6 is 24.0 Å². The van der Waals surface area contributed by atoms with Crippen LogP contribution in [0, 0.1) is 5.82 Å². The number of carbonyl (C=O) groups excluding carboxylic acids is 1. The molecule has 0 N–H and O–H groups in total. The Morgan fingerprint density at radius 2 is 1.97 bits per heavy atom. The molecule has 2 aromatic carbocycles. The van der Waals surface area contributed by atoms with Gasteiger partial charge in [0.15, 0.2) is 11.6 Å². The molecule has 2 heterocycles. The molecule has 4 rings (SSSR count). The van der Waals surface area contributed by atoms with Crippen molar-refractivity contribution in [3.05, 3.63) is 71.0 Å². The zero-order valence-electron chi connectivity index (χ0n) is 18.9. The van der Waals surface area contributed by atoms with Crippen molar-refractivity contribution in [1.29, 1.82) is 0 Å². The summed E-state index contributed by atoms with van der Waals surface area (Å²) in [7, 11) is 1.58. The molecule has 6 nitrogen and oxygen atoms in total. The highest BCUT2D eigenvalue weighted by Crippen LogP contribution is 2.35. The Hall–Kier alpha value is -3.01. The van der Waals surface area contributed by atoms with Gasteiger partial charge in [0.05, 0.1) is 30.4 Å². The Morgan fingerprint density at radius 1 is 1.18 bits per heavy atom. The van der Waals surface area contributed by atoms with Crippen LogP contribution in [0.2, 0.25) is 0 Å². The fraction of sp³-hybridized carbons (Fsp3) is 0.240. The zero-order chi connectivity index (χ0) is 24.1. The van der Waals surface area contributed by atoms with Crippen molar-refractivity contribution < 1.29 is 18.7 Å². The molecule has 34 heavy (non-hydrogen) atoms. The average molecular weight is 498 g/mol. The highest BCUT2D eigenvalue weighted by atomic mass is 32.2. The minimum Gasteiger partial charge on any atom is -0.491 e. The molecule has 0 radical (unpaired) electrons. The van der Waals surface area contributed by atoms with Crippen molar-refractivity contribution in [3.63, 3.8) is 0 Å². The molecule has 0 atom stereocenters. The van der Waals surface area contributed by atoms with Gasteiger partial charge in [0.2, 0.25) is 0 Å². The summed E-state index contributed by atoms with van der Waals surface area (Å²) >= 11 is 6.62. The SMILES string of the molecule is CCCOc1ccc(-c2nn(-c3ccccc3)cc2/C=C2\SC(=S)N(CCOC)C2=O)cc1F. The van der Waals surface area contributed by atoms with Crippen molar-refractivity contribution in [2.75, 3.05) is 26.9 Å². The number of amides is 1. The van der Waals surface area contributed by atoms with Crippen molar-refractivity contribution >= 4 is 40.3 Å². The normalized spacial score (nSPS) is 14.9. The molecule has 176 valence electrons. The molecule has 1 amide bonds. The van der Waals surface area contributed by atoms with E-state index in [0.29, 0.717) is 45.8 Å². The van der Waals surface area contributed by atoms with Gasteiger partial charge in [-0.3, -0.25) is 9.69 Å². The average Bonchev–Trinajstić information content (AvgIpc) is 3.38. The standard InChI is InChI=1S/C25H24FN3O3S2/c1-3-12-32-21-10-9-17(14-20(21)26)23-18(16-29(27-23)19-7-5-4-6-8-19)15-22-24(30)28(11-13-31-2)25(33)34-22/h4-10,14-16H,3,11-13H2,1-2H3/b22-15-. The first-order valence-electron chi connectivity index (χ1n) is 10.8. The van der Waals surface area contributed by atoms with Crippen molar-refractivity contribution in [3.8, 4) is 22.7 Å². The molecule has 1 saturated heterocycles. The number of hydrogen-bond acceptors (Lipinski definition) is 6. The molecule has 0 spiro atoms. The van der Waals surface area contributed by atoms with Gasteiger partial charge in [-0.15, -0.1) is 0 Å². The summed E-state index contributed by atoms with van der Waals surface area (Å²) < 4.78 is 27.5. The third-order valence-electron chi connectivity index (χ3n) is 5.11. The molecule has 3 aromatic rings. The Morgan fingerprint density at radius 3 is 2.68 bits per heavy atom. The number of methoxy groups -OCH3 is 1. The fourth-order valence-electron chi connectivity index (χ4n) is 3.42.